The number of hydrogen-bond donors (Lipinski definition) is 1. The van der Waals surface area contributed by atoms with Gasteiger partial charge in [0.15, 0.2) is 0 Å². The number of alkyl halides is 3. The third-order valence-electron chi connectivity index (χ3n) is 2.90. The van der Waals surface area contributed by atoms with Crippen LogP contribution in [0.15, 0.2) is 30.4 Å². The summed E-state index contributed by atoms with van der Waals surface area (Å²) in [6, 6.07) is 3.23. The van der Waals surface area contributed by atoms with Crippen LogP contribution < -0.4 is 4.74 Å². The summed E-state index contributed by atoms with van der Waals surface area (Å²) in [6.07, 6.45) is -1.51. The molecule has 21 heavy (non-hydrogen) atoms. The smallest absolute Gasteiger partial charge is 0.416 e. The Hall–Kier alpha value is -1.98. The van der Waals surface area contributed by atoms with Crippen LogP contribution in [0.4, 0.5) is 13.2 Å². The maximum atomic E-state index is 12.7. The minimum Gasteiger partial charge on any atom is -0.490 e. The highest BCUT2D eigenvalue weighted by atomic mass is 19.4. The van der Waals surface area contributed by atoms with Crippen LogP contribution in [0.3, 0.4) is 0 Å². The summed E-state index contributed by atoms with van der Waals surface area (Å²) in [5.41, 5.74) is -0.271. The maximum absolute atomic E-state index is 12.7. The second-order valence-electron chi connectivity index (χ2n) is 4.60. The lowest BCUT2D eigenvalue weighted by Gasteiger charge is -2.17. The van der Waals surface area contributed by atoms with Crippen LogP contribution >= 0.6 is 0 Å². The number of aliphatic carboxylic acids is 1. The quantitative estimate of drug-likeness (QED) is 0.806. The van der Waals surface area contributed by atoms with Gasteiger partial charge in [0.05, 0.1) is 11.7 Å². The van der Waals surface area contributed by atoms with Gasteiger partial charge in [-0.05, 0) is 37.5 Å². The molecule has 1 atom stereocenters. The molecule has 6 heteroatoms. The first-order chi connectivity index (χ1) is 9.74. The SMILES string of the molecule is CCC(C)Oc1cc(C(F)(F)F)ccc1CC=CC(=O)O. The molecule has 0 aliphatic rings. The molecule has 0 aromatic heterocycles. The average Bonchev–Trinajstić information content (AvgIpc) is 2.38. The Bertz CT molecular complexity index is 521. The molecule has 1 aromatic rings. The van der Waals surface area contributed by atoms with Crippen molar-refractivity contribution in [3.05, 3.63) is 41.5 Å². The van der Waals surface area contributed by atoms with Gasteiger partial charge in [0.2, 0.25) is 0 Å². The number of carboxylic acid groups (broad SMARTS) is 1. The number of rotatable bonds is 6. The van der Waals surface area contributed by atoms with Gasteiger partial charge in [-0.15, -0.1) is 0 Å². The summed E-state index contributed by atoms with van der Waals surface area (Å²) >= 11 is 0. The zero-order chi connectivity index (χ0) is 16.0. The van der Waals surface area contributed by atoms with Crippen molar-refractivity contribution < 1.29 is 27.8 Å². The van der Waals surface area contributed by atoms with Gasteiger partial charge in [0, 0.05) is 6.08 Å². The van der Waals surface area contributed by atoms with E-state index in [-0.39, 0.29) is 18.3 Å². The number of carbonyl (C=O) groups is 1. The first-order valence-electron chi connectivity index (χ1n) is 6.50. The van der Waals surface area contributed by atoms with Crippen LogP contribution in [0.5, 0.6) is 5.75 Å². The Labute approximate surface area is 121 Å². The van der Waals surface area contributed by atoms with Crippen molar-refractivity contribution in [2.75, 3.05) is 0 Å². The van der Waals surface area contributed by atoms with Gasteiger partial charge in [-0.2, -0.15) is 13.2 Å². The molecule has 0 spiro atoms. The molecule has 1 rings (SSSR count). The molecule has 1 N–H and O–H groups in total. The molecule has 0 fully saturated rings. The predicted octanol–water partition coefficient (Wildman–Crippen LogP) is 4.07. The van der Waals surface area contributed by atoms with Gasteiger partial charge in [-0.1, -0.05) is 19.1 Å². The molecule has 0 heterocycles. The van der Waals surface area contributed by atoms with Gasteiger partial charge in [-0.25, -0.2) is 4.79 Å². The van der Waals surface area contributed by atoms with Crippen LogP contribution in [-0.2, 0) is 17.4 Å². The van der Waals surface area contributed by atoms with E-state index in [4.69, 9.17) is 9.84 Å². The molecular formula is C15H17F3O3. The number of ether oxygens (including phenoxy) is 1. The van der Waals surface area contributed by atoms with E-state index in [1.807, 2.05) is 6.92 Å². The van der Waals surface area contributed by atoms with Crippen molar-refractivity contribution in [1.29, 1.82) is 0 Å². The molecular weight excluding hydrogens is 285 g/mol. The van der Waals surface area contributed by atoms with E-state index in [0.717, 1.165) is 18.2 Å². The van der Waals surface area contributed by atoms with Crippen molar-refractivity contribution in [3.63, 3.8) is 0 Å². The third kappa shape index (κ3) is 5.49. The topological polar surface area (TPSA) is 46.5 Å². The Morgan fingerprint density at radius 2 is 2.10 bits per heavy atom. The summed E-state index contributed by atoms with van der Waals surface area (Å²) in [7, 11) is 0. The standard InChI is InChI=1S/C15H17F3O3/c1-3-10(2)21-13-9-12(15(16,17)18)8-7-11(13)5-4-6-14(19)20/h4,6-10H,3,5H2,1-2H3,(H,19,20). The van der Waals surface area contributed by atoms with Gasteiger partial charge in [0.25, 0.3) is 0 Å². The fraction of sp³-hybridized carbons (Fsp3) is 0.400. The lowest BCUT2D eigenvalue weighted by molar-refractivity contribution is -0.137. The molecule has 116 valence electrons. The minimum absolute atomic E-state index is 0.134. The minimum atomic E-state index is -4.44. The molecule has 0 aliphatic carbocycles. The zero-order valence-corrected chi connectivity index (χ0v) is 11.8. The van der Waals surface area contributed by atoms with Crippen LogP contribution in [0.1, 0.15) is 31.4 Å². The number of benzene rings is 1. The maximum Gasteiger partial charge on any atom is 0.416 e. The van der Waals surface area contributed by atoms with E-state index in [2.05, 4.69) is 0 Å². The monoisotopic (exact) mass is 302 g/mol. The van der Waals surface area contributed by atoms with Crippen molar-refractivity contribution in [2.24, 2.45) is 0 Å². The Kier molecular flexibility index (Phi) is 5.81. The Morgan fingerprint density at radius 1 is 1.43 bits per heavy atom. The van der Waals surface area contributed by atoms with Crippen LogP contribution in [0.2, 0.25) is 0 Å². The summed E-state index contributed by atoms with van der Waals surface area (Å²) in [5, 5.41) is 8.53. The normalized spacial score (nSPS) is 13.4. The van der Waals surface area contributed by atoms with Crippen LogP contribution in [0, 0.1) is 0 Å². The van der Waals surface area contributed by atoms with Crippen LogP contribution in [-0.4, -0.2) is 17.2 Å². The van der Waals surface area contributed by atoms with Gasteiger partial charge in [-0.3, -0.25) is 0 Å². The number of carboxylic acids is 1. The lowest BCUT2D eigenvalue weighted by atomic mass is 10.1. The Morgan fingerprint density at radius 3 is 2.62 bits per heavy atom. The summed E-state index contributed by atoms with van der Waals surface area (Å²) in [6.45, 7) is 3.62. The van der Waals surface area contributed by atoms with Crippen LogP contribution in [0.25, 0.3) is 0 Å². The predicted molar refractivity (Wildman–Crippen MR) is 72.3 cm³/mol. The zero-order valence-electron chi connectivity index (χ0n) is 11.8. The highest BCUT2D eigenvalue weighted by molar-refractivity contribution is 5.79. The fourth-order valence-corrected chi connectivity index (χ4v) is 1.60. The van der Waals surface area contributed by atoms with Gasteiger partial charge >= 0.3 is 12.1 Å². The summed E-state index contributed by atoms with van der Waals surface area (Å²) in [4.78, 5) is 10.4. The Balaban J connectivity index is 3.07. The van der Waals surface area contributed by atoms with E-state index in [0.29, 0.717) is 12.0 Å². The molecule has 1 unspecified atom stereocenters. The fourth-order valence-electron chi connectivity index (χ4n) is 1.60. The van der Waals surface area contributed by atoms with E-state index in [1.54, 1.807) is 6.92 Å². The van der Waals surface area contributed by atoms with Crippen molar-refractivity contribution >= 4 is 5.97 Å². The van der Waals surface area contributed by atoms with Crippen molar-refractivity contribution in [1.82, 2.24) is 0 Å². The van der Waals surface area contributed by atoms with E-state index < -0.39 is 17.7 Å². The highest BCUT2D eigenvalue weighted by Crippen LogP contribution is 2.33. The molecule has 3 nitrogen and oxygen atoms in total. The first kappa shape index (κ1) is 17.1. The molecule has 1 aromatic carbocycles. The van der Waals surface area contributed by atoms with Crippen molar-refractivity contribution in [2.45, 2.75) is 39.0 Å². The lowest BCUT2D eigenvalue weighted by Crippen LogP contribution is -2.13. The van der Waals surface area contributed by atoms with Gasteiger partial charge in [0.1, 0.15) is 5.75 Å². The molecule has 0 bridgehead atoms. The third-order valence-corrected chi connectivity index (χ3v) is 2.90. The molecule has 0 radical (unpaired) electrons. The van der Waals surface area contributed by atoms with E-state index in [9.17, 15) is 18.0 Å². The second kappa shape index (κ2) is 7.15. The molecule has 0 saturated carbocycles. The van der Waals surface area contributed by atoms with E-state index >= 15 is 0 Å². The number of hydrogen-bond acceptors (Lipinski definition) is 2. The molecule has 0 amide bonds. The van der Waals surface area contributed by atoms with Crippen molar-refractivity contribution in [3.8, 4) is 5.75 Å². The summed E-state index contributed by atoms with van der Waals surface area (Å²) < 4.78 is 43.7. The summed E-state index contributed by atoms with van der Waals surface area (Å²) in [5.74, 6) is -0.972. The first-order valence-corrected chi connectivity index (χ1v) is 6.50. The second-order valence-corrected chi connectivity index (χ2v) is 4.60. The van der Waals surface area contributed by atoms with Gasteiger partial charge < -0.3 is 9.84 Å². The molecule has 0 saturated heterocycles. The van der Waals surface area contributed by atoms with E-state index in [1.165, 1.54) is 12.1 Å². The largest absolute Gasteiger partial charge is 0.490 e. The highest BCUT2D eigenvalue weighted by Gasteiger charge is 2.31. The number of halogens is 3. The number of allylic oxidation sites excluding steroid dienone is 1. The average molecular weight is 302 g/mol. The molecule has 0 aliphatic heterocycles.